The SMILES string of the molecule is Nc1nc2ccccc2c(=O)n1CCO. The van der Waals surface area contributed by atoms with Crippen LogP contribution in [0.15, 0.2) is 29.1 Å². The van der Waals surface area contributed by atoms with Gasteiger partial charge >= 0.3 is 0 Å². The van der Waals surface area contributed by atoms with Gasteiger partial charge in [0.25, 0.3) is 5.56 Å². The van der Waals surface area contributed by atoms with Crippen molar-refractivity contribution in [1.82, 2.24) is 9.55 Å². The number of aliphatic hydroxyl groups excluding tert-OH is 1. The van der Waals surface area contributed by atoms with E-state index >= 15 is 0 Å². The zero-order chi connectivity index (χ0) is 10.8. The molecule has 3 N–H and O–H groups in total. The van der Waals surface area contributed by atoms with E-state index in [0.717, 1.165) is 0 Å². The summed E-state index contributed by atoms with van der Waals surface area (Å²) in [5.41, 5.74) is 5.98. The lowest BCUT2D eigenvalue weighted by Gasteiger charge is -2.07. The summed E-state index contributed by atoms with van der Waals surface area (Å²) < 4.78 is 1.27. The smallest absolute Gasteiger partial charge is 0.262 e. The zero-order valence-corrected chi connectivity index (χ0v) is 8.05. The van der Waals surface area contributed by atoms with Gasteiger partial charge in [-0.15, -0.1) is 0 Å². The minimum Gasteiger partial charge on any atom is -0.395 e. The number of hydrogen-bond acceptors (Lipinski definition) is 4. The molecule has 0 bridgehead atoms. The molecule has 5 heteroatoms. The number of hydrogen-bond donors (Lipinski definition) is 2. The van der Waals surface area contributed by atoms with Crippen molar-refractivity contribution < 1.29 is 5.11 Å². The van der Waals surface area contributed by atoms with E-state index in [-0.39, 0.29) is 24.7 Å². The Labute approximate surface area is 85.8 Å². The Morgan fingerprint density at radius 1 is 1.40 bits per heavy atom. The van der Waals surface area contributed by atoms with E-state index in [0.29, 0.717) is 10.9 Å². The van der Waals surface area contributed by atoms with Gasteiger partial charge in [0.05, 0.1) is 24.1 Å². The summed E-state index contributed by atoms with van der Waals surface area (Å²) in [5.74, 6) is 0.132. The van der Waals surface area contributed by atoms with Gasteiger partial charge in [0, 0.05) is 0 Å². The van der Waals surface area contributed by atoms with Crippen LogP contribution in [-0.2, 0) is 6.54 Å². The quantitative estimate of drug-likeness (QED) is 0.721. The zero-order valence-electron chi connectivity index (χ0n) is 8.05. The highest BCUT2D eigenvalue weighted by atomic mass is 16.3. The summed E-state index contributed by atoms with van der Waals surface area (Å²) in [5, 5.41) is 9.31. The summed E-state index contributed by atoms with van der Waals surface area (Å²) in [6.07, 6.45) is 0. The molecule has 1 aromatic carbocycles. The molecule has 2 rings (SSSR count). The summed E-state index contributed by atoms with van der Waals surface area (Å²) in [6.45, 7) is 0.0344. The topological polar surface area (TPSA) is 81.1 Å². The van der Waals surface area contributed by atoms with Crippen LogP contribution >= 0.6 is 0 Å². The molecule has 0 aliphatic heterocycles. The first kappa shape index (κ1) is 9.67. The second kappa shape index (κ2) is 3.70. The number of nitrogens with two attached hydrogens (primary N) is 1. The standard InChI is InChI=1S/C10H11N3O2/c11-10-12-8-4-2-1-3-7(8)9(15)13(10)5-6-14/h1-4,14H,5-6H2,(H2,11,12). The molecule has 0 aliphatic carbocycles. The van der Waals surface area contributed by atoms with Gasteiger partial charge in [0.1, 0.15) is 0 Å². The second-order valence-electron chi connectivity index (χ2n) is 3.17. The fourth-order valence-corrected chi connectivity index (χ4v) is 1.50. The van der Waals surface area contributed by atoms with Crippen LogP contribution in [-0.4, -0.2) is 21.3 Å². The van der Waals surface area contributed by atoms with Crippen LogP contribution in [0.2, 0.25) is 0 Å². The molecule has 0 unspecified atom stereocenters. The monoisotopic (exact) mass is 205 g/mol. The van der Waals surface area contributed by atoms with E-state index in [1.165, 1.54) is 4.57 Å². The molecule has 1 aromatic heterocycles. The Bertz CT molecular complexity index is 548. The van der Waals surface area contributed by atoms with E-state index < -0.39 is 0 Å². The number of anilines is 1. The van der Waals surface area contributed by atoms with E-state index in [2.05, 4.69) is 4.98 Å². The molecule has 78 valence electrons. The third-order valence-electron chi connectivity index (χ3n) is 2.21. The highest BCUT2D eigenvalue weighted by molar-refractivity contribution is 5.78. The minimum absolute atomic E-state index is 0.132. The first-order chi connectivity index (χ1) is 7.24. The Hall–Kier alpha value is -1.88. The van der Waals surface area contributed by atoms with E-state index in [9.17, 15) is 4.79 Å². The Morgan fingerprint density at radius 2 is 2.13 bits per heavy atom. The Morgan fingerprint density at radius 3 is 2.87 bits per heavy atom. The van der Waals surface area contributed by atoms with Crippen molar-refractivity contribution in [3.8, 4) is 0 Å². The fraction of sp³-hybridized carbons (Fsp3) is 0.200. The molecule has 15 heavy (non-hydrogen) atoms. The number of aliphatic hydroxyl groups is 1. The van der Waals surface area contributed by atoms with E-state index in [1.807, 2.05) is 0 Å². The van der Waals surface area contributed by atoms with Crippen molar-refractivity contribution in [2.75, 3.05) is 12.3 Å². The number of para-hydroxylation sites is 1. The molecular weight excluding hydrogens is 194 g/mol. The summed E-state index contributed by atoms with van der Waals surface area (Å²) in [7, 11) is 0. The van der Waals surface area contributed by atoms with Gasteiger partial charge in [-0.1, -0.05) is 12.1 Å². The maximum Gasteiger partial charge on any atom is 0.262 e. The Balaban J connectivity index is 2.78. The van der Waals surface area contributed by atoms with Gasteiger partial charge in [-0.2, -0.15) is 0 Å². The maximum absolute atomic E-state index is 11.9. The van der Waals surface area contributed by atoms with Gasteiger partial charge in [-0.05, 0) is 12.1 Å². The van der Waals surface area contributed by atoms with Crippen LogP contribution < -0.4 is 11.3 Å². The summed E-state index contributed by atoms with van der Waals surface area (Å²) in [4.78, 5) is 16.0. The van der Waals surface area contributed by atoms with Crippen LogP contribution in [0.5, 0.6) is 0 Å². The molecule has 0 aliphatic rings. The van der Waals surface area contributed by atoms with Crippen LogP contribution in [0.3, 0.4) is 0 Å². The molecule has 0 fully saturated rings. The first-order valence-electron chi connectivity index (χ1n) is 4.60. The summed E-state index contributed by atoms with van der Waals surface area (Å²) in [6, 6.07) is 6.99. The largest absolute Gasteiger partial charge is 0.395 e. The van der Waals surface area contributed by atoms with Gasteiger partial charge in [-0.25, -0.2) is 4.98 Å². The van der Waals surface area contributed by atoms with Gasteiger partial charge in [-0.3, -0.25) is 9.36 Å². The van der Waals surface area contributed by atoms with Crippen LogP contribution in [0.1, 0.15) is 0 Å². The molecular formula is C10H11N3O2. The predicted octanol–water partition coefficient (Wildman–Crippen LogP) is -0.0290. The average molecular weight is 205 g/mol. The Kier molecular flexibility index (Phi) is 2.39. The van der Waals surface area contributed by atoms with Crippen molar-refractivity contribution in [3.63, 3.8) is 0 Å². The average Bonchev–Trinajstić information content (AvgIpc) is 2.24. The lowest BCUT2D eigenvalue weighted by Crippen LogP contribution is -2.25. The highest BCUT2D eigenvalue weighted by Crippen LogP contribution is 2.08. The van der Waals surface area contributed by atoms with Crippen molar-refractivity contribution in [2.24, 2.45) is 0 Å². The lowest BCUT2D eigenvalue weighted by atomic mass is 10.2. The number of rotatable bonds is 2. The number of benzene rings is 1. The predicted molar refractivity (Wildman–Crippen MR) is 57.5 cm³/mol. The molecule has 0 spiro atoms. The van der Waals surface area contributed by atoms with Crippen LogP contribution in [0, 0.1) is 0 Å². The van der Waals surface area contributed by atoms with E-state index in [4.69, 9.17) is 10.8 Å². The molecule has 1 heterocycles. The van der Waals surface area contributed by atoms with Crippen LogP contribution in [0.25, 0.3) is 10.9 Å². The van der Waals surface area contributed by atoms with Gasteiger partial charge in [0.2, 0.25) is 5.95 Å². The molecule has 0 radical (unpaired) electrons. The van der Waals surface area contributed by atoms with Crippen molar-refractivity contribution in [2.45, 2.75) is 6.54 Å². The number of aromatic nitrogens is 2. The number of fused-ring (bicyclic) bond motifs is 1. The third-order valence-corrected chi connectivity index (χ3v) is 2.21. The maximum atomic E-state index is 11.9. The molecule has 2 aromatic rings. The molecule has 0 amide bonds. The molecule has 0 saturated carbocycles. The van der Waals surface area contributed by atoms with Crippen LogP contribution in [0.4, 0.5) is 5.95 Å². The third kappa shape index (κ3) is 1.57. The molecule has 0 atom stereocenters. The number of nitrogen functional groups attached to an aromatic ring is 1. The van der Waals surface area contributed by atoms with Crippen molar-refractivity contribution >= 4 is 16.9 Å². The normalized spacial score (nSPS) is 10.7. The fourth-order valence-electron chi connectivity index (χ4n) is 1.50. The molecule has 0 saturated heterocycles. The van der Waals surface area contributed by atoms with Gasteiger partial charge < -0.3 is 10.8 Å². The minimum atomic E-state index is -0.216. The van der Waals surface area contributed by atoms with Crippen molar-refractivity contribution in [1.29, 1.82) is 0 Å². The lowest BCUT2D eigenvalue weighted by molar-refractivity contribution is 0.275. The van der Waals surface area contributed by atoms with Gasteiger partial charge in [0.15, 0.2) is 0 Å². The first-order valence-corrected chi connectivity index (χ1v) is 4.60. The van der Waals surface area contributed by atoms with Crippen molar-refractivity contribution in [3.05, 3.63) is 34.6 Å². The summed E-state index contributed by atoms with van der Waals surface area (Å²) >= 11 is 0. The van der Waals surface area contributed by atoms with E-state index in [1.54, 1.807) is 24.3 Å². The molecule has 5 nitrogen and oxygen atoms in total. The highest BCUT2D eigenvalue weighted by Gasteiger charge is 2.06. The number of nitrogens with zero attached hydrogens (tertiary/aromatic N) is 2. The second-order valence-corrected chi connectivity index (χ2v) is 3.17.